The lowest BCUT2D eigenvalue weighted by Gasteiger charge is -2.55. The Morgan fingerprint density at radius 2 is 0.418 bits per heavy atom. The van der Waals surface area contributed by atoms with Crippen LogP contribution < -0.4 is 0 Å². The molecule has 98 heavy (non-hydrogen) atoms. The number of piperidine rings is 4. The van der Waals surface area contributed by atoms with Gasteiger partial charge in [-0.3, -0.25) is 19.4 Å². The molecule has 0 aliphatic carbocycles. The van der Waals surface area contributed by atoms with Crippen LogP contribution in [0.2, 0.25) is 0 Å². The van der Waals surface area contributed by atoms with Gasteiger partial charge in [-0.2, -0.15) is 20.3 Å². The molecule has 16 heteroatoms. The Morgan fingerprint density at radius 1 is 0.276 bits per heavy atom. The van der Waals surface area contributed by atoms with Crippen LogP contribution in [0.1, 0.15) is 281 Å². The van der Waals surface area contributed by atoms with Crippen molar-refractivity contribution in [1.82, 2.24) is 20.3 Å². The molecular weight excluding hydrogens is 1230 g/mol. The SMILES string of the molecule is CC(C)(ON1C(C)(C)CC(OC(=O)c2cc(C(=O)OC3CC(C)(C)N(OC(C)(C)c4ccccc4)C(C)(C)C3)c(C(=O)OC3CC(C)(C)N(OC(C)(C)c4ccccc4)C(C)(C)C3)cc2C(=O)OC2CC(C)(C)N(OC(C)(C)c3ccccc3)C(C)(C)C2)CC1(C)C)c1ccccc1. The second-order valence-corrected chi connectivity index (χ2v) is 35.2. The molecule has 4 saturated heterocycles. The van der Waals surface area contributed by atoms with Gasteiger partial charge < -0.3 is 18.9 Å². The molecule has 0 saturated carbocycles. The molecule has 4 aliphatic heterocycles. The van der Waals surface area contributed by atoms with Gasteiger partial charge in [-0.05, 0) is 201 Å². The summed E-state index contributed by atoms with van der Waals surface area (Å²) < 4.78 is 26.6. The van der Waals surface area contributed by atoms with Crippen LogP contribution in [0.4, 0.5) is 0 Å². The Hall–Kier alpha value is -6.34. The lowest BCUT2D eigenvalue weighted by atomic mass is 9.80. The molecule has 9 rings (SSSR count). The predicted octanol–water partition coefficient (Wildman–Crippen LogP) is 17.9. The second-order valence-electron chi connectivity index (χ2n) is 35.2. The van der Waals surface area contributed by atoms with Crippen LogP contribution in [0, 0.1) is 0 Å². The standard InChI is InChI=1S/C82H114N4O12/c1-71(2)47-59(48-72(3,4)83(71)95-79(17,18)55-37-29-25-30-38-55)91-67(87)63-45-65(69(89)93-61-51-75(9,10)85(76(11,12)52-61)97-81(21,22)57-41-33-27-34-42-57)66(70(90)94-62-53-77(13,14)86(78(15,16)54-62)98-82(23,24)58-43-35-28-36-44-58)46-64(63)68(88)92-60-49-73(5,6)84(74(7,8)50-60)96-80(19,20)56-39-31-26-32-40-56/h25-46,59-62H,47-54H2,1-24H3. The largest absolute Gasteiger partial charge is 0.459 e. The first-order chi connectivity index (χ1) is 45.1. The molecule has 0 spiro atoms. The summed E-state index contributed by atoms with van der Waals surface area (Å²) in [5.74, 6) is -3.51. The fraction of sp³-hybridized carbons (Fsp3) is 0.585. The van der Waals surface area contributed by atoms with Crippen molar-refractivity contribution >= 4 is 23.9 Å². The molecule has 0 bridgehead atoms. The molecule has 0 radical (unpaired) electrons. The Bertz CT molecular complexity index is 3110. The quantitative estimate of drug-likeness (QED) is 0.0535. The summed E-state index contributed by atoms with van der Waals surface area (Å²) in [6, 6.07) is 42.8. The third-order valence-corrected chi connectivity index (χ3v) is 20.5. The van der Waals surface area contributed by atoms with Crippen LogP contribution in [-0.4, -0.2) is 113 Å². The maximum Gasteiger partial charge on any atom is 0.339 e. The van der Waals surface area contributed by atoms with Crippen LogP contribution in [0.25, 0.3) is 0 Å². The first kappa shape index (κ1) is 75.9. The zero-order chi connectivity index (χ0) is 72.4. The number of hydroxylamine groups is 8. The van der Waals surface area contributed by atoms with E-state index in [1.807, 2.05) is 197 Å². The molecule has 0 N–H and O–H groups in total. The molecule has 5 aromatic carbocycles. The number of carbonyl (C=O) groups is 4. The van der Waals surface area contributed by atoms with E-state index in [1.54, 1.807) is 0 Å². The van der Waals surface area contributed by atoms with E-state index < -0.39 is 115 Å². The lowest BCUT2D eigenvalue weighted by molar-refractivity contribution is -0.340. The molecule has 4 heterocycles. The Labute approximate surface area is 585 Å². The first-order valence-electron chi connectivity index (χ1n) is 35.3. The highest BCUT2D eigenvalue weighted by molar-refractivity contribution is 6.10. The minimum atomic E-state index is -0.878. The Kier molecular flexibility index (Phi) is 21.1. The number of nitrogens with zero attached hydrogens (tertiary/aromatic N) is 4. The monoisotopic (exact) mass is 1350 g/mol. The van der Waals surface area contributed by atoms with Crippen LogP contribution >= 0.6 is 0 Å². The van der Waals surface area contributed by atoms with Crippen molar-refractivity contribution in [3.05, 3.63) is 178 Å². The third-order valence-electron chi connectivity index (χ3n) is 20.5. The minimum absolute atomic E-state index is 0.261. The molecule has 0 amide bonds. The van der Waals surface area contributed by atoms with E-state index in [1.165, 1.54) is 12.1 Å². The maximum atomic E-state index is 15.7. The van der Waals surface area contributed by atoms with Crippen molar-refractivity contribution in [2.75, 3.05) is 0 Å². The van der Waals surface area contributed by atoms with Crippen molar-refractivity contribution in [2.24, 2.45) is 0 Å². The van der Waals surface area contributed by atoms with Gasteiger partial charge in [0.15, 0.2) is 0 Å². The number of carbonyl (C=O) groups excluding carboxylic acids is 4. The zero-order valence-electron chi connectivity index (χ0n) is 63.4. The predicted molar refractivity (Wildman–Crippen MR) is 382 cm³/mol. The number of rotatable bonds is 20. The normalized spacial score (nSPS) is 21.8. The minimum Gasteiger partial charge on any atom is -0.459 e. The summed E-state index contributed by atoms with van der Waals surface area (Å²) in [5, 5.41) is 8.07. The van der Waals surface area contributed by atoms with E-state index in [2.05, 4.69) is 111 Å². The molecule has 16 nitrogen and oxygen atoms in total. The summed E-state index contributed by atoms with van der Waals surface area (Å²) in [5.41, 5.74) is -5.47. The van der Waals surface area contributed by atoms with Gasteiger partial charge in [-0.1, -0.05) is 121 Å². The topological polar surface area (TPSA) is 155 Å². The summed E-state index contributed by atoms with van der Waals surface area (Å²) in [7, 11) is 0. The van der Waals surface area contributed by atoms with Crippen molar-refractivity contribution in [2.45, 2.75) is 309 Å². The number of ether oxygens (including phenoxy) is 4. The molecule has 5 aromatic rings. The molecule has 4 fully saturated rings. The number of hydrogen-bond donors (Lipinski definition) is 0. The van der Waals surface area contributed by atoms with Crippen molar-refractivity contribution in [1.29, 1.82) is 0 Å². The van der Waals surface area contributed by atoms with Crippen LogP contribution in [0.5, 0.6) is 0 Å². The van der Waals surface area contributed by atoms with Gasteiger partial charge in [-0.25, -0.2) is 19.2 Å². The highest BCUT2D eigenvalue weighted by Gasteiger charge is 2.55. The highest BCUT2D eigenvalue weighted by atomic mass is 16.7. The summed E-state index contributed by atoms with van der Waals surface area (Å²) in [6.45, 7) is 49.2. The molecule has 534 valence electrons. The first-order valence-corrected chi connectivity index (χ1v) is 35.3. The van der Waals surface area contributed by atoms with Crippen LogP contribution in [0.3, 0.4) is 0 Å². The van der Waals surface area contributed by atoms with E-state index in [0.29, 0.717) is 51.4 Å². The van der Waals surface area contributed by atoms with E-state index >= 15 is 19.2 Å². The van der Waals surface area contributed by atoms with Gasteiger partial charge in [-0.15, -0.1) is 0 Å². The molecule has 4 aliphatic rings. The van der Waals surface area contributed by atoms with Crippen molar-refractivity contribution in [3.63, 3.8) is 0 Å². The van der Waals surface area contributed by atoms with Gasteiger partial charge >= 0.3 is 23.9 Å². The van der Waals surface area contributed by atoms with E-state index in [0.717, 1.165) is 22.3 Å². The Morgan fingerprint density at radius 3 is 0.561 bits per heavy atom. The molecule has 0 unspecified atom stereocenters. The fourth-order valence-electron chi connectivity index (χ4n) is 16.6. The summed E-state index contributed by atoms with van der Waals surface area (Å²) in [4.78, 5) is 90.7. The van der Waals surface area contributed by atoms with E-state index in [9.17, 15) is 0 Å². The van der Waals surface area contributed by atoms with Crippen LogP contribution in [0.15, 0.2) is 133 Å². The third kappa shape index (κ3) is 16.7. The zero-order valence-corrected chi connectivity index (χ0v) is 63.4. The van der Waals surface area contributed by atoms with Gasteiger partial charge in [0.25, 0.3) is 0 Å². The Balaban J connectivity index is 1.10. The average molecular weight is 1350 g/mol. The molecule has 0 aromatic heterocycles. The van der Waals surface area contributed by atoms with E-state index in [-0.39, 0.29) is 22.3 Å². The fourth-order valence-corrected chi connectivity index (χ4v) is 16.6. The van der Waals surface area contributed by atoms with Gasteiger partial charge in [0.1, 0.15) is 46.8 Å². The number of benzene rings is 5. The van der Waals surface area contributed by atoms with Crippen molar-refractivity contribution in [3.8, 4) is 0 Å². The van der Waals surface area contributed by atoms with Gasteiger partial charge in [0, 0.05) is 95.7 Å². The maximum absolute atomic E-state index is 15.7. The summed E-state index contributed by atoms with van der Waals surface area (Å²) in [6.07, 6.45) is -0.0754. The summed E-state index contributed by atoms with van der Waals surface area (Å²) >= 11 is 0. The number of hydrogen-bond acceptors (Lipinski definition) is 16. The second kappa shape index (κ2) is 27.2. The highest BCUT2D eigenvalue weighted by Crippen LogP contribution is 2.49. The smallest absolute Gasteiger partial charge is 0.339 e. The average Bonchev–Trinajstić information content (AvgIpc) is 0.743. The van der Waals surface area contributed by atoms with Crippen molar-refractivity contribution < 1.29 is 57.5 Å². The van der Waals surface area contributed by atoms with Crippen LogP contribution in [-0.2, 0) is 60.7 Å². The van der Waals surface area contributed by atoms with E-state index in [4.69, 9.17) is 38.3 Å². The van der Waals surface area contributed by atoms with Gasteiger partial charge in [0.2, 0.25) is 0 Å². The van der Waals surface area contributed by atoms with Gasteiger partial charge in [0.05, 0.1) is 22.3 Å². The number of esters is 4. The molecule has 0 atom stereocenters. The lowest BCUT2D eigenvalue weighted by Crippen LogP contribution is -2.63. The molecular formula is C82H114N4O12.